The predicted molar refractivity (Wildman–Crippen MR) is 75.3 cm³/mol. The topological polar surface area (TPSA) is 83.1 Å². The summed E-state index contributed by atoms with van der Waals surface area (Å²) >= 11 is 5.86. The zero-order valence-corrected chi connectivity index (χ0v) is 11.0. The molecule has 0 aliphatic carbocycles. The number of carbonyl (C=O) groups excluding carboxylic acids is 2. The molecule has 0 aliphatic rings. The van der Waals surface area contributed by atoms with Crippen LogP contribution in [0.1, 0.15) is 10.4 Å². The number of hydrazine groups is 1. The van der Waals surface area contributed by atoms with E-state index in [9.17, 15) is 9.59 Å². The standard InChI is InChI=1S/C13H11ClN4O2/c14-10-6-2-1-5-9(10)12(19)16-13(20)18-17-11-7-3-4-8-15-11/h1-8H,(H,15,17)(H2,16,18,19,20). The maximum Gasteiger partial charge on any atom is 0.340 e. The van der Waals surface area contributed by atoms with Crippen LogP contribution < -0.4 is 16.2 Å². The largest absolute Gasteiger partial charge is 0.340 e. The molecule has 0 saturated heterocycles. The summed E-state index contributed by atoms with van der Waals surface area (Å²) in [4.78, 5) is 27.3. The predicted octanol–water partition coefficient (Wildman–Crippen LogP) is 2.20. The molecule has 20 heavy (non-hydrogen) atoms. The minimum atomic E-state index is -0.708. The average molecular weight is 291 g/mol. The van der Waals surface area contributed by atoms with Crippen molar-refractivity contribution in [2.45, 2.75) is 0 Å². The molecule has 102 valence electrons. The molecule has 1 aromatic heterocycles. The zero-order valence-electron chi connectivity index (χ0n) is 10.3. The van der Waals surface area contributed by atoms with Crippen LogP contribution in [0.5, 0.6) is 0 Å². The third kappa shape index (κ3) is 3.69. The molecule has 0 unspecified atom stereocenters. The number of halogens is 1. The number of aromatic nitrogens is 1. The van der Waals surface area contributed by atoms with Crippen molar-refractivity contribution in [3.8, 4) is 0 Å². The van der Waals surface area contributed by atoms with Gasteiger partial charge >= 0.3 is 6.03 Å². The summed E-state index contributed by atoms with van der Waals surface area (Å²) in [5.41, 5.74) is 5.07. The van der Waals surface area contributed by atoms with Crippen LogP contribution in [0.25, 0.3) is 0 Å². The van der Waals surface area contributed by atoms with Gasteiger partial charge in [0.1, 0.15) is 5.82 Å². The van der Waals surface area contributed by atoms with Crippen LogP contribution in [-0.2, 0) is 0 Å². The molecule has 6 nitrogen and oxygen atoms in total. The lowest BCUT2D eigenvalue weighted by Crippen LogP contribution is -2.42. The first-order chi connectivity index (χ1) is 9.66. The van der Waals surface area contributed by atoms with E-state index in [2.05, 4.69) is 21.2 Å². The highest BCUT2D eigenvalue weighted by Crippen LogP contribution is 2.14. The first-order valence-electron chi connectivity index (χ1n) is 5.70. The number of imide groups is 1. The van der Waals surface area contributed by atoms with Crippen molar-refractivity contribution in [1.82, 2.24) is 15.7 Å². The summed E-state index contributed by atoms with van der Waals surface area (Å²) < 4.78 is 0. The molecule has 1 aromatic carbocycles. The highest BCUT2D eigenvalue weighted by molar-refractivity contribution is 6.34. The lowest BCUT2D eigenvalue weighted by atomic mass is 10.2. The Morgan fingerprint density at radius 2 is 1.80 bits per heavy atom. The van der Waals surface area contributed by atoms with Crippen molar-refractivity contribution < 1.29 is 9.59 Å². The summed E-state index contributed by atoms with van der Waals surface area (Å²) in [6.07, 6.45) is 1.57. The van der Waals surface area contributed by atoms with Gasteiger partial charge in [-0.25, -0.2) is 15.2 Å². The number of hydrogen-bond acceptors (Lipinski definition) is 4. The van der Waals surface area contributed by atoms with Crippen LogP contribution in [0.15, 0.2) is 48.7 Å². The molecule has 0 atom stereocenters. The maximum absolute atomic E-state index is 11.8. The number of nitrogens with zero attached hydrogens (tertiary/aromatic N) is 1. The number of rotatable bonds is 3. The Hall–Kier alpha value is -2.60. The van der Waals surface area contributed by atoms with Crippen molar-refractivity contribution in [1.29, 1.82) is 0 Å². The highest BCUT2D eigenvalue weighted by Gasteiger charge is 2.12. The summed E-state index contributed by atoms with van der Waals surface area (Å²) in [5.74, 6) is -0.135. The average Bonchev–Trinajstić information content (AvgIpc) is 2.46. The summed E-state index contributed by atoms with van der Waals surface area (Å²) in [6, 6.07) is 10.9. The molecule has 3 amide bonds. The van der Waals surface area contributed by atoms with Gasteiger partial charge in [0.05, 0.1) is 10.6 Å². The second kappa shape index (κ2) is 6.53. The molecule has 0 bridgehead atoms. The van der Waals surface area contributed by atoms with Gasteiger partial charge in [-0.1, -0.05) is 29.8 Å². The van der Waals surface area contributed by atoms with Crippen LogP contribution in [0.4, 0.5) is 10.6 Å². The Labute approximate surface area is 120 Å². The number of hydrogen-bond donors (Lipinski definition) is 3. The summed E-state index contributed by atoms with van der Waals surface area (Å²) in [7, 11) is 0. The Kier molecular flexibility index (Phi) is 4.52. The van der Waals surface area contributed by atoms with Gasteiger partial charge in [-0.15, -0.1) is 0 Å². The lowest BCUT2D eigenvalue weighted by molar-refractivity contribution is 0.0964. The van der Waals surface area contributed by atoms with Crippen LogP contribution >= 0.6 is 11.6 Å². The molecule has 0 spiro atoms. The van der Waals surface area contributed by atoms with Gasteiger partial charge in [0, 0.05) is 6.20 Å². The monoisotopic (exact) mass is 290 g/mol. The van der Waals surface area contributed by atoms with Gasteiger partial charge in [-0.3, -0.25) is 15.5 Å². The van der Waals surface area contributed by atoms with Gasteiger partial charge in [0.15, 0.2) is 0 Å². The molecular weight excluding hydrogens is 280 g/mol. The minimum absolute atomic E-state index is 0.224. The molecule has 1 heterocycles. The SMILES string of the molecule is O=C(NNc1ccccn1)NC(=O)c1ccccc1Cl. The number of anilines is 1. The van der Waals surface area contributed by atoms with Gasteiger partial charge < -0.3 is 0 Å². The van der Waals surface area contributed by atoms with Crippen molar-refractivity contribution in [3.63, 3.8) is 0 Å². The molecular formula is C13H11ClN4O2. The minimum Gasteiger partial charge on any atom is -0.280 e. The van der Waals surface area contributed by atoms with E-state index in [1.54, 1.807) is 42.6 Å². The van der Waals surface area contributed by atoms with Gasteiger partial charge in [0.2, 0.25) is 0 Å². The maximum atomic E-state index is 11.8. The third-order valence-corrected chi connectivity index (χ3v) is 2.64. The second-order valence-corrected chi connectivity index (χ2v) is 4.14. The normalized spacial score (nSPS) is 9.65. The van der Waals surface area contributed by atoms with Crippen LogP contribution in [-0.4, -0.2) is 16.9 Å². The van der Waals surface area contributed by atoms with Crippen LogP contribution in [0.3, 0.4) is 0 Å². The number of carbonyl (C=O) groups is 2. The van der Waals surface area contributed by atoms with Crippen LogP contribution in [0, 0.1) is 0 Å². The molecule has 2 aromatic rings. The van der Waals surface area contributed by atoms with Gasteiger partial charge in [-0.05, 0) is 24.3 Å². The van der Waals surface area contributed by atoms with E-state index >= 15 is 0 Å². The van der Waals surface area contributed by atoms with E-state index in [-0.39, 0.29) is 10.6 Å². The Morgan fingerprint density at radius 1 is 1.05 bits per heavy atom. The van der Waals surface area contributed by atoms with E-state index < -0.39 is 11.9 Å². The van der Waals surface area contributed by atoms with Crippen molar-refractivity contribution in [2.24, 2.45) is 0 Å². The summed E-state index contributed by atoms with van der Waals surface area (Å²) in [5, 5.41) is 2.42. The Balaban J connectivity index is 1.89. The molecule has 0 radical (unpaired) electrons. The molecule has 3 N–H and O–H groups in total. The van der Waals surface area contributed by atoms with E-state index in [1.807, 2.05) is 0 Å². The number of nitrogens with one attached hydrogen (secondary N) is 3. The molecule has 0 aliphatic heterocycles. The van der Waals surface area contributed by atoms with E-state index in [1.165, 1.54) is 6.07 Å². The smallest absolute Gasteiger partial charge is 0.280 e. The number of pyridine rings is 1. The van der Waals surface area contributed by atoms with Crippen molar-refractivity contribution >= 4 is 29.4 Å². The van der Waals surface area contributed by atoms with E-state index in [0.717, 1.165) is 0 Å². The van der Waals surface area contributed by atoms with E-state index in [0.29, 0.717) is 5.82 Å². The Morgan fingerprint density at radius 3 is 2.50 bits per heavy atom. The van der Waals surface area contributed by atoms with Gasteiger partial charge in [0.25, 0.3) is 5.91 Å². The van der Waals surface area contributed by atoms with Gasteiger partial charge in [-0.2, -0.15) is 0 Å². The summed E-state index contributed by atoms with van der Waals surface area (Å²) in [6.45, 7) is 0. The third-order valence-electron chi connectivity index (χ3n) is 2.31. The molecule has 2 rings (SSSR count). The van der Waals surface area contributed by atoms with E-state index in [4.69, 9.17) is 11.6 Å². The first kappa shape index (κ1) is 13.8. The first-order valence-corrected chi connectivity index (χ1v) is 6.07. The molecule has 7 heteroatoms. The second-order valence-electron chi connectivity index (χ2n) is 3.73. The van der Waals surface area contributed by atoms with Crippen molar-refractivity contribution in [2.75, 3.05) is 5.43 Å². The molecule has 0 fully saturated rings. The fraction of sp³-hybridized carbons (Fsp3) is 0. The number of benzene rings is 1. The lowest BCUT2D eigenvalue weighted by Gasteiger charge is -2.08. The fourth-order valence-corrected chi connectivity index (χ4v) is 1.63. The number of urea groups is 1. The quantitative estimate of drug-likeness (QED) is 0.757. The highest BCUT2D eigenvalue weighted by atomic mass is 35.5. The fourth-order valence-electron chi connectivity index (χ4n) is 1.40. The Bertz CT molecular complexity index is 619. The van der Waals surface area contributed by atoms with Crippen molar-refractivity contribution in [3.05, 3.63) is 59.2 Å². The van der Waals surface area contributed by atoms with Crippen LogP contribution in [0.2, 0.25) is 5.02 Å². The molecule has 0 saturated carbocycles. The number of amides is 3. The zero-order chi connectivity index (χ0) is 14.4.